The molecule has 1 aromatic heterocycles. The molecule has 0 aliphatic heterocycles. The van der Waals surface area contributed by atoms with E-state index in [2.05, 4.69) is 53.3 Å². The summed E-state index contributed by atoms with van der Waals surface area (Å²) in [4.78, 5) is 6.94. The van der Waals surface area contributed by atoms with Crippen molar-refractivity contribution in [3.8, 4) is 0 Å². The molecule has 3 heteroatoms. The molecule has 0 saturated heterocycles. The summed E-state index contributed by atoms with van der Waals surface area (Å²) in [6, 6.07) is 10.5. The molecule has 0 unspecified atom stereocenters. The van der Waals surface area contributed by atoms with E-state index in [0.717, 1.165) is 31.7 Å². The van der Waals surface area contributed by atoms with Crippen LogP contribution in [0.25, 0.3) is 10.9 Å². The van der Waals surface area contributed by atoms with Crippen LogP contribution in [-0.2, 0) is 6.54 Å². The second kappa shape index (κ2) is 7.98. The van der Waals surface area contributed by atoms with Gasteiger partial charge in [0.2, 0.25) is 0 Å². The van der Waals surface area contributed by atoms with Crippen LogP contribution in [0.2, 0.25) is 0 Å². The molecule has 0 saturated carbocycles. The van der Waals surface area contributed by atoms with Gasteiger partial charge in [-0.3, -0.25) is 4.98 Å². The van der Waals surface area contributed by atoms with Crippen LogP contribution in [0.3, 0.4) is 0 Å². The number of para-hydroxylation sites is 1. The minimum absolute atomic E-state index is 0.899. The molecular formula is C17H25N3. The molecule has 0 aliphatic rings. The summed E-state index contributed by atoms with van der Waals surface area (Å²) in [5.41, 5.74) is 2.32. The smallest absolute Gasteiger partial charge is 0.0702 e. The zero-order valence-corrected chi connectivity index (χ0v) is 12.6. The van der Waals surface area contributed by atoms with Crippen molar-refractivity contribution in [2.75, 3.05) is 26.2 Å². The molecule has 2 aromatic rings. The molecule has 0 fully saturated rings. The topological polar surface area (TPSA) is 28.2 Å². The lowest BCUT2D eigenvalue weighted by atomic mass is 10.1. The number of nitrogens with one attached hydrogen (secondary N) is 1. The van der Waals surface area contributed by atoms with Gasteiger partial charge in [0.1, 0.15) is 0 Å². The normalized spacial score (nSPS) is 11.3. The first-order chi connectivity index (χ1) is 9.83. The summed E-state index contributed by atoms with van der Waals surface area (Å²) < 4.78 is 0. The zero-order valence-electron chi connectivity index (χ0n) is 12.6. The lowest BCUT2D eigenvalue weighted by molar-refractivity contribution is 0.298. The third-order valence-electron chi connectivity index (χ3n) is 3.70. The second-order valence-corrected chi connectivity index (χ2v) is 5.09. The first-order valence-electron chi connectivity index (χ1n) is 7.60. The van der Waals surface area contributed by atoms with E-state index < -0.39 is 0 Å². The van der Waals surface area contributed by atoms with Crippen LogP contribution in [0.15, 0.2) is 36.5 Å². The fraction of sp³-hybridized carbons (Fsp3) is 0.471. The second-order valence-electron chi connectivity index (χ2n) is 5.09. The Balaban J connectivity index is 1.75. The maximum Gasteiger partial charge on any atom is 0.0702 e. The number of nitrogens with zero attached hydrogens (tertiary/aromatic N) is 2. The number of hydrogen-bond acceptors (Lipinski definition) is 3. The molecule has 1 N–H and O–H groups in total. The summed E-state index contributed by atoms with van der Waals surface area (Å²) in [5.74, 6) is 0. The van der Waals surface area contributed by atoms with Crippen molar-refractivity contribution in [1.82, 2.24) is 15.2 Å². The largest absolute Gasteiger partial charge is 0.313 e. The number of rotatable bonds is 8. The van der Waals surface area contributed by atoms with E-state index in [0.29, 0.717) is 0 Å². The summed E-state index contributed by atoms with van der Waals surface area (Å²) in [6.45, 7) is 9.86. The SMILES string of the molecule is CCN(CC)CCCNCc1cnc2ccccc2c1. The van der Waals surface area contributed by atoms with Gasteiger partial charge in [0, 0.05) is 18.1 Å². The van der Waals surface area contributed by atoms with Crippen LogP contribution in [-0.4, -0.2) is 36.1 Å². The molecule has 0 aliphatic carbocycles. The Labute approximate surface area is 122 Å². The van der Waals surface area contributed by atoms with Gasteiger partial charge in [0.15, 0.2) is 0 Å². The summed E-state index contributed by atoms with van der Waals surface area (Å²) >= 11 is 0. The number of aromatic nitrogens is 1. The van der Waals surface area contributed by atoms with E-state index >= 15 is 0 Å². The third-order valence-corrected chi connectivity index (χ3v) is 3.70. The molecule has 108 valence electrons. The molecule has 0 radical (unpaired) electrons. The van der Waals surface area contributed by atoms with Crippen LogP contribution in [0.4, 0.5) is 0 Å². The molecule has 0 bridgehead atoms. The minimum atomic E-state index is 0.899. The number of pyridine rings is 1. The summed E-state index contributed by atoms with van der Waals surface area (Å²) in [7, 11) is 0. The molecule has 0 atom stereocenters. The van der Waals surface area contributed by atoms with Crippen LogP contribution >= 0.6 is 0 Å². The Morgan fingerprint density at radius 2 is 1.95 bits per heavy atom. The van der Waals surface area contributed by atoms with Crippen LogP contribution < -0.4 is 5.32 Å². The Morgan fingerprint density at radius 1 is 1.15 bits per heavy atom. The Bertz CT molecular complexity index is 520. The van der Waals surface area contributed by atoms with Gasteiger partial charge in [-0.15, -0.1) is 0 Å². The highest BCUT2D eigenvalue weighted by Gasteiger charge is 1.99. The Morgan fingerprint density at radius 3 is 2.75 bits per heavy atom. The van der Waals surface area contributed by atoms with Gasteiger partial charge in [-0.05, 0) is 50.3 Å². The van der Waals surface area contributed by atoms with E-state index in [1.807, 2.05) is 12.3 Å². The molecule has 0 spiro atoms. The molecular weight excluding hydrogens is 246 g/mol. The quantitative estimate of drug-likeness (QED) is 0.748. The van der Waals surface area contributed by atoms with Crippen LogP contribution in [0.1, 0.15) is 25.8 Å². The molecule has 1 heterocycles. The lowest BCUT2D eigenvalue weighted by Gasteiger charge is -2.17. The number of benzene rings is 1. The molecule has 0 amide bonds. The highest BCUT2D eigenvalue weighted by atomic mass is 15.1. The van der Waals surface area contributed by atoms with Gasteiger partial charge in [0.05, 0.1) is 5.52 Å². The van der Waals surface area contributed by atoms with Gasteiger partial charge < -0.3 is 10.2 Å². The molecule has 1 aromatic carbocycles. The fourth-order valence-corrected chi connectivity index (χ4v) is 2.41. The van der Waals surface area contributed by atoms with E-state index in [9.17, 15) is 0 Å². The van der Waals surface area contributed by atoms with Crippen molar-refractivity contribution in [1.29, 1.82) is 0 Å². The van der Waals surface area contributed by atoms with Gasteiger partial charge in [0.25, 0.3) is 0 Å². The molecule has 20 heavy (non-hydrogen) atoms. The van der Waals surface area contributed by atoms with Crippen molar-refractivity contribution in [3.05, 3.63) is 42.1 Å². The van der Waals surface area contributed by atoms with Crippen molar-refractivity contribution in [2.45, 2.75) is 26.8 Å². The predicted octanol–water partition coefficient (Wildman–Crippen LogP) is 3.06. The maximum absolute atomic E-state index is 4.49. The van der Waals surface area contributed by atoms with E-state index in [1.165, 1.54) is 23.9 Å². The lowest BCUT2D eigenvalue weighted by Crippen LogP contribution is -2.27. The van der Waals surface area contributed by atoms with Gasteiger partial charge in [-0.25, -0.2) is 0 Å². The van der Waals surface area contributed by atoms with Crippen LogP contribution in [0.5, 0.6) is 0 Å². The highest BCUT2D eigenvalue weighted by molar-refractivity contribution is 5.78. The molecule has 2 rings (SSSR count). The maximum atomic E-state index is 4.49. The van der Waals surface area contributed by atoms with Crippen molar-refractivity contribution < 1.29 is 0 Å². The third kappa shape index (κ3) is 4.29. The summed E-state index contributed by atoms with van der Waals surface area (Å²) in [6.07, 6.45) is 3.17. The zero-order chi connectivity index (χ0) is 14.2. The van der Waals surface area contributed by atoms with Crippen molar-refractivity contribution in [2.24, 2.45) is 0 Å². The van der Waals surface area contributed by atoms with E-state index in [4.69, 9.17) is 0 Å². The van der Waals surface area contributed by atoms with Crippen LogP contribution in [0, 0.1) is 0 Å². The minimum Gasteiger partial charge on any atom is -0.313 e. The Hall–Kier alpha value is -1.45. The fourth-order valence-electron chi connectivity index (χ4n) is 2.41. The van der Waals surface area contributed by atoms with Gasteiger partial charge >= 0.3 is 0 Å². The first kappa shape index (κ1) is 14.9. The summed E-state index contributed by atoms with van der Waals surface area (Å²) in [5, 5.41) is 4.72. The van der Waals surface area contributed by atoms with Gasteiger partial charge in [-0.2, -0.15) is 0 Å². The highest BCUT2D eigenvalue weighted by Crippen LogP contribution is 2.12. The van der Waals surface area contributed by atoms with E-state index in [1.54, 1.807) is 0 Å². The Kier molecular flexibility index (Phi) is 5.96. The van der Waals surface area contributed by atoms with Crippen molar-refractivity contribution in [3.63, 3.8) is 0 Å². The average Bonchev–Trinajstić information content (AvgIpc) is 2.51. The first-order valence-corrected chi connectivity index (χ1v) is 7.60. The standard InChI is InChI=1S/C17H25N3/c1-3-20(4-2)11-7-10-18-13-15-12-16-8-5-6-9-17(16)19-14-15/h5-6,8-9,12,14,18H,3-4,7,10-11,13H2,1-2H3. The van der Waals surface area contributed by atoms with E-state index in [-0.39, 0.29) is 0 Å². The average molecular weight is 271 g/mol. The van der Waals surface area contributed by atoms with Gasteiger partial charge in [-0.1, -0.05) is 32.0 Å². The number of fused-ring (bicyclic) bond motifs is 1. The molecule has 3 nitrogen and oxygen atoms in total. The number of hydrogen-bond donors (Lipinski definition) is 1. The van der Waals surface area contributed by atoms with Crippen molar-refractivity contribution >= 4 is 10.9 Å². The monoisotopic (exact) mass is 271 g/mol. The predicted molar refractivity (Wildman–Crippen MR) is 85.9 cm³/mol.